The molecule has 0 fully saturated rings. The molecule has 5 nitrogen and oxygen atoms in total. The number of anilines is 1. The van der Waals surface area contributed by atoms with Crippen molar-refractivity contribution in [3.05, 3.63) is 35.8 Å². The third kappa shape index (κ3) is 2.10. The Morgan fingerprint density at radius 1 is 1.50 bits per heavy atom. The van der Waals surface area contributed by atoms with Gasteiger partial charge in [0.2, 0.25) is 0 Å². The van der Waals surface area contributed by atoms with Crippen molar-refractivity contribution in [3.63, 3.8) is 0 Å². The van der Waals surface area contributed by atoms with Crippen LogP contribution >= 0.6 is 0 Å². The molecule has 0 amide bonds. The van der Waals surface area contributed by atoms with Crippen LogP contribution in [0.2, 0.25) is 0 Å². The number of rotatable bonds is 3. The minimum Gasteiger partial charge on any atom is -0.494 e. The summed E-state index contributed by atoms with van der Waals surface area (Å²) < 4.78 is 19.7. The van der Waals surface area contributed by atoms with Gasteiger partial charge in [-0.1, -0.05) is 11.3 Å². The van der Waals surface area contributed by atoms with Gasteiger partial charge in [-0.3, -0.25) is 0 Å². The standard InChI is InChI=1S/C10H11FN4O/c1-16-9-3-2-7(4-8(9)11)5-15-6-10(12)13-14-15/h2-4,6H,5,12H2,1H3. The summed E-state index contributed by atoms with van der Waals surface area (Å²) in [5.41, 5.74) is 6.19. The molecular formula is C10H11FN4O. The molecule has 0 bridgehead atoms. The molecule has 0 aliphatic carbocycles. The van der Waals surface area contributed by atoms with Crippen LogP contribution in [0.5, 0.6) is 5.75 Å². The maximum Gasteiger partial charge on any atom is 0.165 e. The summed E-state index contributed by atoms with van der Waals surface area (Å²) in [6, 6.07) is 4.74. The van der Waals surface area contributed by atoms with E-state index in [-0.39, 0.29) is 5.75 Å². The lowest BCUT2D eigenvalue weighted by Gasteiger charge is -2.04. The van der Waals surface area contributed by atoms with Crippen molar-refractivity contribution >= 4 is 5.82 Å². The number of ether oxygens (including phenoxy) is 1. The first-order valence-electron chi connectivity index (χ1n) is 4.67. The Morgan fingerprint density at radius 2 is 2.31 bits per heavy atom. The van der Waals surface area contributed by atoms with E-state index in [1.807, 2.05) is 0 Å². The highest BCUT2D eigenvalue weighted by atomic mass is 19.1. The van der Waals surface area contributed by atoms with E-state index in [1.165, 1.54) is 17.9 Å². The zero-order valence-electron chi connectivity index (χ0n) is 8.72. The van der Waals surface area contributed by atoms with E-state index >= 15 is 0 Å². The van der Waals surface area contributed by atoms with E-state index in [4.69, 9.17) is 10.5 Å². The summed E-state index contributed by atoms with van der Waals surface area (Å²) in [6.07, 6.45) is 1.59. The lowest BCUT2D eigenvalue weighted by atomic mass is 10.2. The third-order valence-electron chi connectivity index (χ3n) is 2.12. The van der Waals surface area contributed by atoms with Gasteiger partial charge in [-0.2, -0.15) is 0 Å². The maximum absolute atomic E-state index is 13.4. The lowest BCUT2D eigenvalue weighted by molar-refractivity contribution is 0.386. The molecule has 0 saturated carbocycles. The molecule has 1 heterocycles. The van der Waals surface area contributed by atoms with Crippen molar-refractivity contribution in [1.82, 2.24) is 15.0 Å². The van der Waals surface area contributed by atoms with Gasteiger partial charge in [0.15, 0.2) is 17.4 Å². The monoisotopic (exact) mass is 222 g/mol. The van der Waals surface area contributed by atoms with Crippen molar-refractivity contribution in [3.8, 4) is 5.75 Å². The van der Waals surface area contributed by atoms with Crippen molar-refractivity contribution in [1.29, 1.82) is 0 Å². The van der Waals surface area contributed by atoms with Gasteiger partial charge in [-0.15, -0.1) is 5.10 Å². The predicted octanol–water partition coefficient (Wildman–Crippen LogP) is 1.06. The zero-order chi connectivity index (χ0) is 11.5. The van der Waals surface area contributed by atoms with Crippen molar-refractivity contribution in [2.24, 2.45) is 0 Å². The third-order valence-corrected chi connectivity index (χ3v) is 2.12. The van der Waals surface area contributed by atoms with Crippen LogP contribution in [0.25, 0.3) is 0 Å². The molecular weight excluding hydrogens is 211 g/mol. The second-order valence-corrected chi connectivity index (χ2v) is 3.31. The van der Waals surface area contributed by atoms with Crippen LogP contribution < -0.4 is 10.5 Å². The molecule has 1 aromatic heterocycles. The van der Waals surface area contributed by atoms with Crippen LogP contribution in [0.15, 0.2) is 24.4 Å². The molecule has 0 saturated heterocycles. The summed E-state index contributed by atoms with van der Waals surface area (Å²) in [6.45, 7) is 0.422. The molecule has 1 aromatic carbocycles. The molecule has 0 spiro atoms. The minimum absolute atomic E-state index is 0.224. The highest BCUT2D eigenvalue weighted by Crippen LogP contribution is 2.18. The predicted molar refractivity (Wildman–Crippen MR) is 56.5 cm³/mol. The number of hydrogen-bond donors (Lipinski definition) is 1. The number of methoxy groups -OCH3 is 1. The molecule has 84 valence electrons. The molecule has 0 unspecified atom stereocenters. The van der Waals surface area contributed by atoms with Gasteiger partial charge in [0.1, 0.15) is 0 Å². The van der Waals surface area contributed by atoms with Crippen molar-refractivity contribution < 1.29 is 9.13 Å². The molecule has 0 aliphatic heterocycles. The molecule has 6 heteroatoms. The topological polar surface area (TPSA) is 66.0 Å². The Kier molecular flexibility index (Phi) is 2.72. The van der Waals surface area contributed by atoms with Crippen LogP contribution in [0.1, 0.15) is 5.56 Å². The van der Waals surface area contributed by atoms with E-state index < -0.39 is 5.82 Å². The second kappa shape index (κ2) is 4.18. The fourth-order valence-corrected chi connectivity index (χ4v) is 1.39. The highest BCUT2D eigenvalue weighted by molar-refractivity contribution is 5.29. The molecule has 2 rings (SSSR count). The number of nitrogens with two attached hydrogens (primary N) is 1. The fourth-order valence-electron chi connectivity index (χ4n) is 1.39. The van der Waals surface area contributed by atoms with Crippen LogP contribution in [0.4, 0.5) is 10.2 Å². The van der Waals surface area contributed by atoms with Gasteiger partial charge in [-0.05, 0) is 17.7 Å². The van der Waals surface area contributed by atoms with E-state index in [0.717, 1.165) is 5.56 Å². The van der Waals surface area contributed by atoms with E-state index in [2.05, 4.69) is 10.3 Å². The number of halogens is 1. The Bertz CT molecular complexity index is 497. The average Bonchev–Trinajstić information content (AvgIpc) is 2.64. The largest absolute Gasteiger partial charge is 0.494 e. The fraction of sp³-hybridized carbons (Fsp3) is 0.200. The summed E-state index contributed by atoms with van der Waals surface area (Å²) >= 11 is 0. The smallest absolute Gasteiger partial charge is 0.165 e. The summed E-state index contributed by atoms with van der Waals surface area (Å²) in [5, 5.41) is 7.41. The Morgan fingerprint density at radius 3 is 2.88 bits per heavy atom. The first-order valence-corrected chi connectivity index (χ1v) is 4.67. The summed E-state index contributed by atoms with van der Waals surface area (Å²) in [7, 11) is 1.43. The van der Waals surface area contributed by atoms with Gasteiger partial charge in [-0.25, -0.2) is 9.07 Å². The van der Waals surface area contributed by atoms with E-state index in [0.29, 0.717) is 12.4 Å². The normalized spacial score (nSPS) is 10.4. The van der Waals surface area contributed by atoms with Crippen molar-refractivity contribution in [2.75, 3.05) is 12.8 Å². The Labute approximate surface area is 91.6 Å². The molecule has 2 N–H and O–H groups in total. The van der Waals surface area contributed by atoms with E-state index in [9.17, 15) is 4.39 Å². The Balaban J connectivity index is 2.19. The van der Waals surface area contributed by atoms with Gasteiger partial charge in [0, 0.05) is 0 Å². The first kappa shape index (κ1) is 10.4. The lowest BCUT2D eigenvalue weighted by Crippen LogP contribution is -2.01. The summed E-state index contributed by atoms with van der Waals surface area (Å²) in [5.74, 6) is 0.170. The minimum atomic E-state index is -0.395. The van der Waals surface area contributed by atoms with Crippen LogP contribution in [-0.2, 0) is 6.54 Å². The van der Waals surface area contributed by atoms with Crippen LogP contribution in [0.3, 0.4) is 0 Å². The molecule has 0 aliphatic rings. The number of nitrogen functional groups attached to an aromatic ring is 1. The van der Waals surface area contributed by atoms with Crippen LogP contribution in [-0.4, -0.2) is 22.1 Å². The quantitative estimate of drug-likeness (QED) is 0.843. The van der Waals surface area contributed by atoms with Crippen molar-refractivity contribution in [2.45, 2.75) is 6.54 Å². The summed E-state index contributed by atoms with van der Waals surface area (Å²) in [4.78, 5) is 0. The van der Waals surface area contributed by atoms with Crippen LogP contribution in [0, 0.1) is 5.82 Å². The molecule has 2 aromatic rings. The number of hydrogen-bond acceptors (Lipinski definition) is 4. The number of benzene rings is 1. The van der Waals surface area contributed by atoms with Gasteiger partial charge in [0.05, 0.1) is 19.9 Å². The van der Waals surface area contributed by atoms with Gasteiger partial charge in [0.25, 0.3) is 0 Å². The SMILES string of the molecule is COc1ccc(Cn2cc(N)nn2)cc1F. The number of aromatic nitrogens is 3. The average molecular weight is 222 g/mol. The Hall–Kier alpha value is -2.11. The zero-order valence-corrected chi connectivity index (χ0v) is 8.72. The molecule has 0 radical (unpaired) electrons. The number of nitrogens with zero attached hydrogens (tertiary/aromatic N) is 3. The molecule has 16 heavy (non-hydrogen) atoms. The van der Waals surface area contributed by atoms with Gasteiger partial charge < -0.3 is 10.5 Å². The maximum atomic E-state index is 13.4. The van der Waals surface area contributed by atoms with Gasteiger partial charge >= 0.3 is 0 Å². The van der Waals surface area contributed by atoms with E-state index in [1.54, 1.807) is 18.3 Å². The molecule has 0 atom stereocenters. The highest BCUT2D eigenvalue weighted by Gasteiger charge is 2.04. The first-order chi connectivity index (χ1) is 7.69. The second-order valence-electron chi connectivity index (χ2n) is 3.31.